The number of rotatable bonds is 7. The average Bonchev–Trinajstić information content (AvgIpc) is 3.22. The summed E-state index contributed by atoms with van der Waals surface area (Å²) >= 11 is 1.58. The lowest BCUT2D eigenvalue weighted by Gasteiger charge is -2.26. The molecular formula is C28H27FN2OS. The van der Waals surface area contributed by atoms with Crippen molar-refractivity contribution >= 4 is 28.6 Å². The van der Waals surface area contributed by atoms with Gasteiger partial charge >= 0.3 is 0 Å². The lowest BCUT2D eigenvalue weighted by molar-refractivity contribution is 0.443. The molecule has 3 aromatic carbocycles. The molecule has 1 heterocycles. The van der Waals surface area contributed by atoms with Gasteiger partial charge in [0.05, 0.1) is 12.2 Å². The highest BCUT2D eigenvalue weighted by Gasteiger charge is 2.30. The first kappa shape index (κ1) is 23.0. The molecule has 0 fully saturated rings. The number of fused-ring (bicyclic) bond motifs is 1. The van der Waals surface area contributed by atoms with Crippen molar-refractivity contribution in [1.29, 1.82) is 0 Å². The second-order valence-electron chi connectivity index (χ2n) is 8.34. The minimum Gasteiger partial charge on any atom is -0.456 e. The summed E-state index contributed by atoms with van der Waals surface area (Å²) in [6, 6.07) is 21.0. The summed E-state index contributed by atoms with van der Waals surface area (Å²) in [6.07, 6.45) is 7.68. The SMILES string of the molecule is C#CCN(SC)c1cc2oc(-c3ccc(F)cc3)c(C(C)(C)NC)c2cc1-c1ccccc1. The van der Waals surface area contributed by atoms with E-state index in [-0.39, 0.29) is 11.4 Å². The van der Waals surface area contributed by atoms with Gasteiger partial charge in [-0.3, -0.25) is 0 Å². The molecule has 1 N–H and O–H groups in total. The lowest BCUT2D eigenvalue weighted by Crippen LogP contribution is -2.33. The summed E-state index contributed by atoms with van der Waals surface area (Å²) in [5, 5.41) is 4.42. The standard InChI is InChI=1S/C28H27FN2OS/c1-6-16-31(33-5)24-18-25-23(17-22(24)19-10-8-7-9-11-19)26(28(2,3)30-4)27(32-25)20-12-14-21(29)15-13-20/h1,7-15,17-18,30H,16H2,2-5H3. The Kier molecular flexibility index (Phi) is 6.51. The molecule has 0 atom stereocenters. The van der Waals surface area contributed by atoms with Crippen molar-refractivity contribution in [3.8, 4) is 34.8 Å². The van der Waals surface area contributed by atoms with Gasteiger partial charge < -0.3 is 14.0 Å². The molecule has 0 amide bonds. The van der Waals surface area contributed by atoms with Crippen LogP contribution in [-0.4, -0.2) is 19.8 Å². The Morgan fingerprint density at radius 2 is 1.76 bits per heavy atom. The number of nitrogens with zero attached hydrogens (tertiary/aromatic N) is 1. The predicted octanol–water partition coefficient (Wildman–Crippen LogP) is 7.08. The topological polar surface area (TPSA) is 28.4 Å². The van der Waals surface area contributed by atoms with Gasteiger partial charge in [0.25, 0.3) is 0 Å². The lowest BCUT2D eigenvalue weighted by atomic mass is 9.88. The van der Waals surface area contributed by atoms with E-state index in [1.807, 2.05) is 31.5 Å². The smallest absolute Gasteiger partial charge is 0.140 e. The van der Waals surface area contributed by atoms with E-state index in [4.69, 9.17) is 10.8 Å². The molecule has 0 aliphatic carbocycles. The number of anilines is 1. The summed E-state index contributed by atoms with van der Waals surface area (Å²) in [5.74, 6) is 3.21. The van der Waals surface area contributed by atoms with Gasteiger partial charge in [-0.05, 0) is 56.8 Å². The predicted molar refractivity (Wildman–Crippen MR) is 139 cm³/mol. The van der Waals surface area contributed by atoms with Crippen LogP contribution >= 0.6 is 11.9 Å². The molecule has 0 bridgehead atoms. The van der Waals surface area contributed by atoms with Crippen LogP contribution in [0.5, 0.6) is 0 Å². The highest BCUT2D eigenvalue weighted by Crippen LogP contribution is 2.45. The van der Waals surface area contributed by atoms with Gasteiger partial charge in [-0.25, -0.2) is 4.39 Å². The molecule has 4 aromatic rings. The molecule has 0 radical (unpaired) electrons. The van der Waals surface area contributed by atoms with E-state index in [1.165, 1.54) is 12.1 Å². The Morgan fingerprint density at radius 3 is 2.36 bits per heavy atom. The maximum atomic E-state index is 13.6. The first-order chi connectivity index (χ1) is 15.9. The third-order valence-corrected chi connectivity index (χ3v) is 6.74. The minimum atomic E-state index is -0.386. The molecule has 4 rings (SSSR count). The summed E-state index contributed by atoms with van der Waals surface area (Å²) < 4.78 is 22.2. The van der Waals surface area contributed by atoms with Gasteiger partial charge in [-0.1, -0.05) is 48.2 Å². The van der Waals surface area contributed by atoms with Crippen LogP contribution in [0.2, 0.25) is 0 Å². The van der Waals surface area contributed by atoms with Crippen LogP contribution in [0.15, 0.2) is 71.1 Å². The quantitative estimate of drug-likeness (QED) is 0.237. The Hall–Kier alpha value is -3.20. The molecule has 5 heteroatoms. The largest absolute Gasteiger partial charge is 0.456 e. The molecule has 3 nitrogen and oxygen atoms in total. The van der Waals surface area contributed by atoms with Crippen molar-refractivity contribution in [2.24, 2.45) is 0 Å². The number of halogens is 1. The number of furan rings is 1. The zero-order valence-corrected chi connectivity index (χ0v) is 20.1. The monoisotopic (exact) mass is 458 g/mol. The average molecular weight is 459 g/mol. The molecule has 0 unspecified atom stereocenters. The van der Waals surface area contributed by atoms with Crippen molar-refractivity contribution in [3.05, 3.63) is 78.1 Å². The van der Waals surface area contributed by atoms with Crippen LogP contribution in [-0.2, 0) is 5.54 Å². The maximum absolute atomic E-state index is 13.6. The summed E-state index contributed by atoms with van der Waals surface area (Å²) in [6.45, 7) is 4.70. The molecule has 0 spiro atoms. The first-order valence-electron chi connectivity index (χ1n) is 10.8. The van der Waals surface area contributed by atoms with Crippen LogP contribution in [0.3, 0.4) is 0 Å². The Labute approximate surface area is 199 Å². The van der Waals surface area contributed by atoms with Gasteiger partial charge in [0.2, 0.25) is 0 Å². The molecule has 1 aromatic heterocycles. The Balaban J connectivity index is 2.07. The fourth-order valence-corrected chi connectivity index (χ4v) is 4.62. The van der Waals surface area contributed by atoms with E-state index in [0.717, 1.165) is 44.7 Å². The third-order valence-electron chi connectivity index (χ3n) is 5.97. The van der Waals surface area contributed by atoms with Crippen LogP contribution < -0.4 is 9.62 Å². The zero-order valence-electron chi connectivity index (χ0n) is 19.3. The zero-order chi connectivity index (χ0) is 23.6. The maximum Gasteiger partial charge on any atom is 0.140 e. The molecule has 0 aliphatic rings. The van der Waals surface area contributed by atoms with Gasteiger partial charge in [-0.2, -0.15) is 0 Å². The minimum absolute atomic E-state index is 0.275. The van der Waals surface area contributed by atoms with Crippen molar-refractivity contribution in [3.63, 3.8) is 0 Å². The highest BCUT2D eigenvalue weighted by atomic mass is 32.2. The van der Waals surface area contributed by atoms with Crippen molar-refractivity contribution in [2.75, 3.05) is 24.2 Å². The van der Waals surface area contributed by atoms with Crippen LogP contribution in [0.25, 0.3) is 33.4 Å². The van der Waals surface area contributed by atoms with E-state index >= 15 is 0 Å². The number of hydrogen-bond acceptors (Lipinski definition) is 4. The molecule has 33 heavy (non-hydrogen) atoms. The Morgan fingerprint density at radius 1 is 1.06 bits per heavy atom. The van der Waals surface area contributed by atoms with Crippen LogP contribution in [0.4, 0.5) is 10.1 Å². The number of nitrogens with one attached hydrogen (secondary N) is 1. The highest BCUT2D eigenvalue weighted by molar-refractivity contribution is 8.00. The molecule has 0 saturated heterocycles. The van der Waals surface area contributed by atoms with Crippen LogP contribution in [0, 0.1) is 18.2 Å². The van der Waals surface area contributed by atoms with Gasteiger partial charge in [0, 0.05) is 39.9 Å². The summed E-state index contributed by atoms with van der Waals surface area (Å²) in [4.78, 5) is 0. The second-order valence-corrected chi connectivity index (χ2v) is 9.15. The van der Waals surface area contributed by atoms with Crippen molar-refractivity contribution in [1.82, 2.24) is 5.32 Å². The third kappa shape index (κ3) is 4.37. The molecule has 0 aliphatic heterocycles. The number of benzene rings is 3. The Bertz CT molecular complexity index is 1300. The fraction of sp³-hybridized carbons (Fsp3) is 0.214. The first-order valence-corrected chi connectivity index (χ1v) is 11.9. The van der Waals surface area contributed by atoms with Gasteiger partial charge in [-0.15, -0.1) is 6.42 Å². The molecular weight excluding hydrogens is 431 g/mol. The van der Waals surface area contributed by atoms with Crippen molar-refractivity contribution < 1.29 is 8.81 Å². The van der Waals surface area contributed by atoms with E-state index in [9.17, 15) is 4.39 Å². The number of hydrogen-bond donors (Lipinski definition) is 1. The van der Waals surface area contributed by atoms with E-state index < -0.39 is 0 Å². The van der Waals surface area contributed by atoms with Crippen molar-refractivity contribution in [2.45, 2.75) is 19.4 Å². The normalized spacial score (nSPS) is 11.5. The van der Waals surface area contributed by atoms with Gasteiger partial charge in [0.1, 0.15) is 17.2 Å². The van der Waals surface area contributed by atoms with E-state index in [0.29, 0.717) is 6.54 Å². The molecule has 0 saturated carbocycles. The molecule has 168 valence electrons. The summed E-state index contributed by atoms with van der Waals surface area (Å²) in [7, 11) is 1.93. The fourth-order valence-electron chi connectivity index (χ4n) is 4.07. The van der Waals surface area contributed by atoms with E-state index in [1.54, 1.807) is 24.1 Å². The second kappa shape index (κ2) is 9.35. The van der Waals surface area contributed by atoms with Crippen LogP contribution in [0.1, 0.15) is 19.4 Å². The summed E-state index contributed by atoms with van der Waals surface area (Å²) in [5.41, 5.74) is 5.41. The van der Waals surface area contributed by atoms with E-state index in [2.05, 4.69) is 53.7 Å². The van der Waals surface area contributed by atoms with Gasteiger partial charge in [0.15, 0.2) is 0 Å². The number of terminal acetylenes is 1.